The van der Waals surface area contributed by atoms with Gasteiger partial charge in [0.05, 0.1) is 28.0 Å². The summed E-state index contributed by atoms with van der Waals surface area (Å²) in [7, 11) is 0. The van der Waals surface area contributed by atoms with Crippen molar-refractivity contribution in [1.29, 1.82) is 0 Å². The number of anilines is 1. The molecular weight excluding hydrogens is 525 g/mol. The number of imidazole rings is 1. The number of carbonyl (C=O) groups is 1. The molecule has 0 saturated heterocycles. The first-order valence-corrected chi connectivity index (χ1v) is 13.3. The summed E-state index contributed by atoms with van der Waals surface area (Å²) < 4.78 is 17.9. The Morgan fingerprint density at radius 1 is 1.03 bits per heavy atom. The van der Waals surface area contributed by atoms with Gasteiger partial charge in [-0.3, -0.25) is 4.79 Å². The Kier molecular flexibility index (Phi) is 6.42. The maximum atomic E-state index is 14.1. The number of hydrogen-bond acceptors (Lipinski definition) is 6. The number of aryl methyl sites for hydroxylation is 3. The lowest BCUT2D eigenvalue weighted by Gasteiger charge is -2.08. The van der Waals surface area contributed by atoms with Gasteiger partial charge in [0.2, 0.25) is 5.91 Å². The number of nitrogens with zero attached hydrogens (tertiary/aromatic N) is 6. The molecule has 3 aromatic carbocycles. The maximum absolute atomic E-state index is 14.1. The molecule has 0 aliphatic carbocycles. The van der Waals surface area contributed by atoms with Crippen LogP contribution < -0.4 is 5.32 Å². The molecule has 6 aromatic rings. The van der Waals surface area contributed by atoms with Gasteiger partial charge < -0.3 is 9.88 Å². The highest BCUT2D eigenvalue weighted by molar-refractivity contribution is 7.99. The average Bonchev–Trinajstić information content (AvgIpc) is 3.48. The summed E-state index contributed by atoms with van der Waals surface area (Å²) in [6, 6.07) is 19.8. The van der Waals surface area contributed by atoms with E-state index in [1.807, 2.05) is 49.4 Å². The van der Waals surface area contributed by atoms with Crippen molar-refractivity contribution in [3.05, 3.63) is 89.2 Å². The number of hydrogen-bond donors (Lipinski definition) is 1. The molecule has 0 aliphatic heterocycles. The molecule has 0 fully saturated rings. The van der Waals surface area contributed by atoms with Crippen LogP contribution in [0.4, 0.5) is 10.1 Å². The normalized spacial score (nSPS) is 11.6. The molecule has 3 heterocycles. The van der Waals surface area contributed by atoms with Gasteiger partial charge >= 0.3 is 0 Å². The van der Waals surface area contributed by atoms with Gasteiger partial charge in [0.1, 0.15) is 11.6 Å². The van der Waals surface area contributed by atoms with Crippen LogP contribution in [0.3, 0.4) is 0 Å². The minimum atomic E-state index is -0.594. The molecule has 8 nitrogen and oxygen atoms in total. The number of halogens is 2. The van der Waals surface area contributed by atoms with Crippen molar-refractivity contribution in [2.24, 2.45) is 0 Å². The van der Waals surface area contributed by atoms with Gasteiger partial charge in [-0.05, 0) is 49.4 Å². The van der Waals surface area contributed by atoms with E-state index in [9.17, 15) is 9.18 Å². The Hall–Kier alpha value is -4.02. The summed E-state index contributed by atoms with van der Waals surface area (Å²) in [6.07, 6.45) is 0.595. The summed E-state index contributed by atoms with van der Waals surface area (Å²) in [5.74, 6) is 0.639. The van der Waals surface area contributed by atoms with E-state index >= 15 is 0 Å². The minimum absolute atomic E-state index is 0.0118. The number of carbonyl (C=O) groups excluding carboxylic acids is 1. The number of para-hydroxylation sites is 3. The predicted octanol–water partition coefficient (Wildman–Crippen LogP) is 5.70. The third-order valence-corrected chi connectivity index (χ3v) is 7.30. The first-order chi connectivity index (χ1) is 18.5. The van der Waals surface area contributed by atoms with Crippen LogP contribution in [0.1, 0.15) is 11.6 Å². The van der Waals surface area contributed by atoms with Gasteiger partial charge in [0, 0.05) is 23.4 Å². The third-order valence-electron chi connectivity index (χ3n) is 6.14. The van der Waals surface area contributed by atoms with Gasteiger partial charge in [0.25, 0.3) is 0 Å². The smallest absolute Gasteiger partial charge is 0.234 e. The SMILES string of the molecule is Cc1nc2ccccc2n1CCc1nc2c3ccccc3nc(SCC(=O)Nc3ccc(Cl)cc3F)n2n1. The molecule has 0 atom stereocenters. The van der Waals surface area contributed by atoms with Crippen molar-refractivity contribution in [1.82, 2.24) is 29.1 Å². The number of thioether (sulfide) groups is 1. The largest absolute Gasteiger partial charge is 0.328 e. The lowest BCUT2D eigenvalue weighted by Crippen LogP contribution is -2.15. The standard InChI is InChI=1S/C27H21ClFN7OS/c1-16-30-22-8-4-5-9-23(22)35(16)13-12-24-33-26-18-6-2-3-7-20(18)32-27(36(26)34-24)38-15-25(37)31-21-11-10-17(28)14-19(21)29/h2-11,14H,12-13,15H2,1H3,(H,31,37). The van der Waals surface area contributed by atoms with E-state index in [0.717, 1.165) is 33.8 Å². The molecule has 0 aliphatic rings. The first kappa shape index (κ1) is 24.3. The molecule has 0 unspecified atom stereocenters. The van der Waals surface area contributed by atoms with Crippen molar-refractivity contribution < 1.29 is 9.18 Å². The van der Waals surface area contributed by atoms with Gasteiger partial charge in [-0.2, -0.15) is 4.52 Å². The third kappa shape index (κ3) is 4.68. The Bertz CT molecular complexity index is 1830. The Labute approximate surface area is 225 Å². The fraction of sp³-hybridized carbons (Fsp3) is 0.148. The molecule has 11 heteroatoms. The second-order valence-electron chi connectivity index (χ2n) is 8.69. The van der Waals surface area contributed by atoms with Crippen LogP contribution in [-0.4, -0.2) is 40.8 Å². The zero-order valence-electron chi connectivity index (χ0n) is 20.2. The second kappa shape index (κ2) is 10.0. The lowest BCUT2D eigenvalue weighted by molar-refractivity contribution is -0.113. The van der Waals surface area contributed by atoms with Gasteiger partial charge in [-0.1, -0.05) is 47.6 Å². The number of amides is 1. The zero-order valence-corrected chi connectivity index (χ0v) is 21.8. The summed E-state index contributed by atoms with van der Waals surface area (Å²) in [5.41, 5.74) is 3.52. The van der Waals surface area contributed by atoms with Crippen LogP contribution in [-0.2, 0) is 17.8 Å². The van der Waals surface area contributed by atoms with Crippen molar-refractivity contribution in [2.75, 3.05) is 11.1 Å². The topological polar surface area (TPSA) is 90.0 Å². The van der Waals surface area contributed by atoms with Crippen LogP contribution in [0.2, 0.25) is 5.02 Å². The number of benzene rings is 3. The second-order valence-corrected chi connectivity index (χ2v) is 10.1. The summed E-state index contributed by atoms with van der Waals surface area (Å²) in [4.78, 5) is 26.8. The fourth-order valence-electron chi connectivity index (χ4n) is 4.37. The van der Waals surface area contributed by atoms with Crippen LogP contribution >= 0.6 is 23.4 Å². The van der Waals surface area contributed by atoms with Crippen molar-refractivity contribution in [3.63, 3.8) is 0 Å². The van der Waals surface area contributed by atoms with Crippen molar-refractivity contribution in [3.8, 4) is 0 Å². The minimum Gasteiger partial charge on any atom is -0.328 e. The lowest BCUT2D eigenvalue weighted by atomic mass is 10.2. The highest BCUT2D eigenvalue weighted by Crippen LogP contribution is 2.25. The number of nitrogens with one attached hydrogen (secondary N) is 1. The highest BCUT2D eigenvalue weighted by atomic mass is 35.5. The van der Waals surface area contributed by atoms with Gasteiger partial charge in [-0.25, -0.2) is 19.3 Å². The molecule has 0 bridgehead atoms. The summed E-state index contributed by atoms with van der Waals surface area (Å²) in [6.45, 7) is 2.66. The van der Waals surface area contributed by atoms with Crippen LogP contribution in [0.5, 0.6) is 0 Å². The molecule has 190 valence electrons. The average molecular weight is 546 g/mol. The first-order valence-electron chi connectivity index (χ1n) is 11.9. The molecule has 0 spiro atoms. The van der Waals surface area contributed by atoms with Crippen molar-refractivity contribution in [2.45, 2.75) is 25.0 Å². The molecule has 1 N–H and O–H groups in total. The van der Waals surface area contributed by atoms with E-state index in [1.54, 1.807) is 4.52 Å². The van der Waals surface area contributed by atoms with Gasteiger partial charge in [0.15, 0.2) is 16.6 Å². The number of rotatable bonds is 7. The summed E-state index contributed by atoms with van der Waals surface area (Å²) in [5, 5.41) is 8.97. The van der Waals surface area contributed by atoms with E-state index in [4.69, 9.17) is 26.7 Å². The van der Waals surface area contributed by atoms with Gasteiger partial charge in [-0.15, -0.1) is 5.10 Å². The highest BCUT2D eigenvalue weighted by Gasteiger charge is 2.16. The van der Waals surface area contributed by atoms with E-state index < -0.39 is 5.82 Å². The molecule has 1 amide bonds. The number of aromatic nitrogens is 6. The number of fused-ring (bicyclic) bond motifs is 4. The van der Waals surface area contributed by atoms with E-state index in [-0.39, 0.29) is 22.4 Å². The molecule has 0 saturated carbocycles. The van der Waals surface area contributed by atoms with Crippen LogP contribution in [0.25, 0.3) is 27.6 Å². The van der Waals surface area contributed by atoms with Crippen molar-refractivity contribution >= 4 is 62.5 Å². The molecule has 0 radical (unpaired) electrons. The zero-order chi connectivity index (χ0) is 26.2. The van der Waals surface area contributed by atoms with E-state index in [0.29, 0.717) is 29.6 Å². The van der Waals surface area contributed by atoms with E-state index in [1.165, 1.54) is 23.9 Å². The van der Waals surface area contributed by atoms with Crippen LogP contribution in [0, 0.1) is 12.7 Å². The summed E-state index contributed by atoms with van der Waals surface area (Å²) >= 11 is 7.01. The Morgan fingerprint density at radius 3 is 2.66 bits per heavy atom. The Morgan fingerprint density at radius 2 is 1.82 bits per heavy atom. The fourth-order valence-corrected chi connectivity index (χ4v) is 5.27. The maximum Gasteiger partial charge on any atom is 0.234 e. The monoisotopic (exact) mass is 545 g/mol. The molecule has 3 aromatic heterocycles. The quantitative estimate of drug-likeness (QED) is 0.204. The predicted molar refractivity (Wildman–Crippen MR) is 147 cm³/mol. The van der Waals surface area contributed by atoms with Crippen LogP contribution in [0.15, 0.2) is 71.9 Å². The van der Waals surface area contributed by atoms with E-state index in [2.05, 4.69) is 20.9 Å². The molecular formula is C27H21ClFN7OS. The Balaban J connectivity index is 1.27. The molecule has 6 rings (SSSR count). The molecule has 38 heavy (non-hydrogen) atoms.